The van der Waals surface area contributed by atoms with E-state index < -0.39 is 20.0 Å². The molecule has 0 aromatic rings. The maximum Gasteiger partial charge on any atom is 0.371 e. The van der Waals surface area contributed by atoms with E-state index in [0.29, 0.717) is 18.3 Å². The molecule has 0 rings (SSSR count). The largest absolute Gasteiger partial charge is 0.477 e. The van der Waals surface area contributed by atoms with Crippen LogP contribution in [0.1, 0.15) is 124 Å². The number of carboxylic acids is 1. The van der Waals surface area contributed by atoms with Gasteiger partial charge in [0.15, 0.2) is 0 Å². The SMILES string of the molecule is CCCCCCCCCCCSC(CCCCCCC)C(C)OCCCOC(O)([PH2]=O)C(=O)O. The molecule has 0 bridgehead atoms. The first-order valence-corrected chi connectivity index (χ1v) is 15.8. The standard InChI is InChI=1S/C26H53O6PS/c1-4-6-8-10-11-12-13-15-17-22-34-24(19-16-14-9-7-5-2)23(3)31-20-18-21-32-26(29,33-30)25(27)28/h23-24,29H,4-22,33H2,1-3H3,(H,27,28). The second kappa shape index (κ2) is 23.3. The number of aliphatic carboxylic acids is 1. The summed E-state index contributed by atoms with van der Waals surface area (Å²) < 4.78 is 21.9. The van der Waals surface area contributed by atoms with Crippen molar-refractivity contribution < 1.29 is 29.0 Å². The minimum atomic E-state index is -2.56. The van der Waals surface area contributed by atoms with Crippen LogP contribution in [-0.4, -0.2) is 52.0 Å². The van der Waals surface area contributed by atoms with Crippen molar-refractivity contribution in [3.8, 4) is 0 Å². The Morgan fingerprint density at radius 1 is 0.853 bits per heavy atom. The lowest BCUT2D eigenvalue weighted by molar-refractivity contribution is -0.190. The highest BCUT2D eigenvalue weighted by Crippen LogP contribution is 2.26. The molecular weight excluding hydrogens is 471 g/mol. The lowest BCUT2D eigenvalue weighted by atomic mass is 10.1. The van der Waals surface area contributed by atoms with Crippen LogP contribution in [0.15, 0.2) is 0 Å². The average molecular weight is 525 g/mol. The van der Waals surface area contributed by atoms with Gasteiger partial charge in [-0.15, -0.1) is 0 Å². The first-order chi connectivity index (χ1) is 16.4. The summed E-state index contributed by atoms with van der Waals surface area (Å²) in [5, 5.41) is 19.0. The molecule has 4 unspecified atom stereocenters. The van der Waals surface area contributed by atoms with Crippen LogP contribution in [0.4, 0.5) is 0 Å². The highest BCUT2D eigenvalue weighted by atomic mass is 32.2. The first-order valence-electron chi connectivity index (χ1n) is 13.7. The quantitative estimate of drug-likeness (QED) is 0.0697. The van der Waals surface area contributed by atoms with Gasteiger partial charge in [-0.1, -0.05) is 97.3 Å². The zero-order chi connectivity index (χ0) is 25.5. The first kappa shape index (κ1) is 33.9. The second-order valence-corrected chi connectivity index (χ2v) is 11.7. The molecule has 0 aliphatic heterocycles. The van der Waals surface area contributed by atoms with Crippen LogP contribution in [-0.2, 0) is 18.8 Å². The Morgan fingerprint density at radius 2 is 1.38 bits per heavy atom. The summed E-state index contributed by atoms with van der Waals surface area (Å²) in [5.41, 5.74) is -2.56. The Hall–Kier alpha value is -0.0700. The number of hydrogen-bond donors (Lipinski definition) is 2. The minimum Gasteiger partial charge on any atom is -0.477 e. The van der Waals surface area contributed by atoms with Gasteiger partial charge >= 0.3 is 11.5 Å². The molecule has 0 aromatic heterocycles. The van der Waals surface area contributed by atoms with Crippen molar-refractivity contribution in [1.29, 1.82) is 0 Å². The molecule has 34 heavy (non-hydrogen) atoms. The number of hydrogen-bond acceptors (Lipinski definition) is 6. The summed E-state index contributed by atoms with van der Waals surface area (Å²) in [5.74, 6) is -0.438. The van der Waals surface area contributed by atoms with Gasteiger partial charge in [-0.05, 0) is 31.9 Å². The Balaban J connectivity index is 4.20. The fraction of sp³-hybridized carbons (Fsp3) is 0.962. The maximum atomic E-state index is 11.0. The van der Waals surface area contributed by atoms with E-state index in [1.807, 2.05) is 11.8 Å². The molecule has 8 heteroatoms. The Morgan fingerprint density at radius 3 is 1.91 bits per heavy atom. The van der Waals surface area contributed by atoms with Crippen molar-refractivity contribution in [3.63, 3.8) is 0 Å². The predicted octanol–water partition coefficient (Wildman–Crippen LogP) is 7.28. The van der Waals surface area contributed by atoms with Gasteiger partial charge in [0.1, 0.15) is 8.46 Å². The van der Waals surface area contributed by atoms with Crippen molar-refractivity contribution in [1.82, 2.24) is 0 Å². The smallest absolute Gasteiger partial charge is 0.371 e. The molecule has 6 nitrogen and oxygen atoms in total. The Bertz CT molecular complexity index is 496. The summed E-state index contributed by atoms with van der Waals surface area (Å²) in [6, 6.07) is 0. The van der Waals surface area contributed by atoms with E-state index in [1.165, 1.54) is 95.6 Å². The molecule has 0 aromatic carbocycles. The highest BCUT2D eigenvalue weighted by Gasteiger charge is 2.36. The highest BCUT2D eigenvalue weighted by molar-refractivity contribution is 7.99. The summed E-state index contributed by atoms with van der Waals surface area (Å²) in [7, 11) is -1.98. The van der Waals surface area contributed by atoms with Gasteiger partial charge in [-0.25, -0.2) is 4.79 Å². The zero-order valence-electron chi connectivity index (χ0n) is 22.1. The molecule has 0 saturated heterocycles. The van der Waals surface area contributed by atoms with Crippen molar-refractivity contribution in [2.24, 2.45) is 0 Å². The monoisotopic (exact) mass is 524 g/mol. The van der Waals surface area contributed by atoms with Gasteiger partial charge in [0.05, 0.1) is 12.7 Å². The summed E-state index contributed by atoms with van der Waals surface area (Å²) in [6.07, 6.45) is 20.2. The predicted molar refractivity (Wildman–Crippen MR) is 146 cm³/mol. The van der Waals surface area contributed by atoms with Crippen molar-refractivity contribution in [2.75, 3.05) is 19.0 Å². The van der Waals surface area contributed by atoms with Crippen LogP contribution in [0.25, 0.3) is 0 Å². The number of rotatable bonds is 26. The van der Waals surface area contributed by atoms with E-state index in [0.717, 1.165) is 6.42 Å². The molecule has 0 aliphatic rings. The Labute approximate surface area is 214 Å². The van der Waals surface area contributed by atoms with E-state index in [9.17, 15) is 14.5 Å². The fourth-order valence-corrected chi connectivity index (χ4v) is 5.50. The van der Waals surface area contributed by atoms with E-state index in [4.69, 9.17) is 14.6 Å². The van der Waals surface area contributed by atoms with E-state index in [1.54, 1.807) is 0 Å². The number of ether oxygens (including phenoxy) is 2. The zero-order valence-corrected chi connectivity index (χ0v) is 24.1. The van der Waals surface area contributed by atoms with Crippen LogP contribution in [0, 0.1) is 0 Å². The fourth-order valence-electron chi connectivity index (χ4n) is 3.86. The minimum absolute atomic E-state index is 0.00195. The van der Waals surface area contributed by atoms with Gasteiger partial charge in [0, 0.05) is 11.9 Å². The number of unbranched alkanes of at least 4 members (excludes halogenated alkanes) is 12. The summed E-state index contributed by atoms with van der Waals surface area (Å²) >= 11 is 2.03. The molecule has 0 amide bonds. The van der Waals surface area contributed by atoms with E-state index >= 15 is 0 Å². The van der Waals surface area contributed by atoms with Crippen molar-refractivity contribution in [2.45, 2.75) is 140 Å². The van der Waals surface area contributed by atoms with Crippen LogP contribution in [0.3, 0.4) is 0 Å². The maximum absolute atomic E-state index is 11.0. The van der Waals surface area contributed by atoms with Crippen LogP contribution in [0.2, 0.25) is 0 Å². The van der Waals surface area contributed by atoms with Crippen LogP contribution >= 0.6 is 20.2 Å². The van der Waals surface area contributed by atoms with Crippen LogP contribution < -0.4 is 0 Å². The van der Waals surface area contributed by atoms with Gasteiger partial charge < -0.3 is 24.3 Å². The molecule has 2 N–H and O–H groups in total. The lowest BCUT2D eigenvalue weighted by Crippen LogP contribution is -2.36. The number of aliphatic hydroxyl groups is 1. The number of thioether (sulfide) groups is 1. The van der Waals surface area contributed by atoms with E-state index in [-0.39, 0.29) is 12.7 Å². The molecule has 0 aliphatic carbocycles. The number of carboxylic acid groups (broad SMARTS) is 1. The molecule has 0 heterocycles. The summed E-state index contributed by atoms with van der Waals surface area (Å²) in [6.45, 7) is 7.04. The Kier molecular flexibility index (Phi) is 23.3. The lowest BCUT2D eigenvalue weighted by Gasteiger charge is -2.24. The van der Waals surface area contributed by atoms with Gasteiger partial charge in [-0.3, -0.25) is 0 Å². The molecule has 0 saturated carbocycles. The number of carbonyl (C=O) groups is 1. The van der Waals surface area contributed by atoms with Crippen LogP contribution in [0.5, 0.6) is 0 Å². The normalized spacial score (nSPS) is 15.5. The van der Waals surface area contributed by atoms with Gasteiger partial charge in [-0.2, -0.15) is 11.8 Å². The molecule has 4 atom stereocenters. The van der Waals surface area contributed by atoms with Crippen molar-refractivity contribution in [3.05, 3.63) is 0 Å². The molecular formula is C26H53O6PS. The van der Waals surface area contributed by atoms with E-state index in [2.05, 4.69) is 20.8 Å². The topological polar surface area (TPSA) is 93.1 Å². The molecule has 0 spiro atoms. The van der Waals surface area contributed by atoms with Crippen molar-refractivity contribution >= 4 is 26.2 Å². The third kappa shape index (κ3) is 18.2. The van der Waals surface area contributed by atoms with Gasteiger partial charge in [0.25, 0.3) is 0 Å². The summed E-state index contributed by atoms with van der Waals surface area (Å²) in [4.78, 5) is 10.9. The second-order valence-electron chi connectivity index (χ2n) is 9.34. The third-order valence-corrected chi connectivity index (χ3v) is 8.46. The average Bonchev–Trinajstić information content (AvgIpc) is 2.83. The van der Waals surface area contributed by atoms with Gasteiger partial charge in [0.2, 0.25) is 0 Å². The molecule has 0 fully saturated rings. The third-order valence-electron chi connectivity index (χ3n) is 6.15. The molecule has 204 valence electrons. The molecule has 0 radical (unpaired) electrons.